The van der Waals surface area contributed by atoms with E-state index in [2.05, 4.69) is 5.32 Å². The number of carbonyl (C=O) groups excluding carboxylic acids is 1. The number of benzene rings is 1. The highest BCUT2D eigenvalue weighted by molar-refractivity contribution is 5.94. The van der Waals surface area contributed by atoms with Crippen molar-refractivity contribution >= 4 is 5.91 Å². The summed E-state index contributed by atoms with van der Waals surface area (Å²) in [5.41, 5.74) is 0.140. The van der Waals surface area contributed by atoms with Gasteiger partial charge in [0.05, 0.1) is 0 Å². The maximum Gasteiger partial charge on any atom is 0.251 e. The fraction of sp³-hybridized carbons (Fsp3) is 0.462. The minimum atomic E-state index is -1.01. The first-order valence-electron chi connectivity index (χ1n) is 5.98. The van der Waals surface area contributed by atoms with Crippen LogP contribution in [0.3, 0.4) is 0 Å². The number of halogens is 2. The molecular weight excluding hydrogens is 240 g/mol. The fourth-order valence-electron chi connectivity index (χ4n) is 1.93. The third-order valence-corrected chi connectivity index (χ3v) is 3.07. The third-order valence-electron chi connectivity index (χ3n) is 3.07. The quantitative estimate of drug-likeness (QED) is 0.898. The Labute approximate surface area is 104 Å². The Bertz CT molecular complexity index is 431. The maximum absolute atomic E-state index is 13.0. The number of carbonyl (C=O) groups is 1. The molecule has 1 amide bonds. The second-order valence-electron chi connectivity index (χ2n) is 4.39. The van der Waals surface area contributed by atoms with Gasteiger partial charge in [-0.05, 0) is 37.0 Å². The van der Waals surface area contributed by atoms with Gasteiger partial charge in [-0.15, -0.1) is 0 Å². The topological polar surface area (TPSA) is 38.3 Å². The van der Waals surface area contributed by atoms with Crippen molar-refractivity contribution in [3.63, 3.8) is 0 Å². The van der Waals surface area contributed by atoms with Crippen LogP contribution in [0.1, 0.15) is 23.2 Å². The average Bonchev–Trinajstić information content (AvgIpc) is 2.40. The van der Waals surface area contributed by atoms with Crippen LogP contribution in [0.4, 0.5) is 8.78 Å². The Morgan fingerprint density at radius 3 is 2.67 bits per heavy atom. The van der Waals surface area contributed by atoms with Gasteiger partial charge in [0, 0.05) is 25.3 Å². The molecule has 0 aliphatic carbocycles. The molecule has 3 nitrogen and oxygen atoms in total. The van der Waals surface area contributed by atoms with E-state index in [9.17, 15) is 13.6 Å². The zero-order valence-corrected chi connectivity index (χ0v) is 9.92. The lowest BCUT2D eigenvalue weighted by atomic mass is 10.0. The van der Waals surface area contributed by atoms with Gasteiger partial charge in [0.2, 0.25) is 0 Å². The summed E-state index contributed by atoms with van der Waals surface area (Å²) in [5, 5.41) is 2.73. The van der Waals surface area contributed by atoms with Crippen LogP contribution < -0.4 is 5.32 Å². The van der Waals surface area contributed by atoms with E-state index in [1.54, 1.807) is 0 Å². The lowest BCUT2D eigenvalue weighted by Crippen LogP contribution is -2.32. The molecule has 0 spiro atoms. The summed E-state index contributed by atoms with van der Waals surface area (Å²) >= 11 is 0. The van der Waals surface area contributed by atoms with Gasteiger partial charge in [0.1, 0.15) is 0 Å². The molecule has 0 radical (unpaired) electrons. The van der Waals surface area contributed by atoms with Gasteiger partial charge in [-0.3, -0.25) is 4.79 Å². The molecule has 1 aromatic rings. The van der Waals surface area contributed by atoms with E-state index in [1.165, 1.54) is 6.07 Å². The molecule has 1 aliphatic heterocycles. The number of nitrogens with one attached hydrogen (secondary N) is 1. The summed E-state index contributed by atoms with van der Waals surface area (Å²) < 4.78 is 30.9. The van der Waals surface area contributed by atoms with Crippen molar-refractivity contribution in [3.8, 4) is 0 Å². The third kappa shape index (κ3) is 3.26. The molecule has 1 aliphatic rings. The Kier molecular flexibility index (Phi) is 4.25. The Balaban J connectivity index is 1.88. The van der Waals surface area contributed by atoms with Crippen LogP contribution in [-0.4, -0.2) is 25.7 Å². The van der Waals surface area contributed by atoms with Crippen LogP contribution in [-0.2, 0) is 4.74 Å². The van der Waals surface area contributed by atoms with E-state index in [1.807, 2.05) is 0 Å². The van der Waals surface area contributed by atoms with Crippen LogP contribution in [0.25, 0.3) is 0 Å². The molecule has 0 saturated carbocycles. The van der Waals surface area contributed by atoms with Crippen molar-refractivity contribution in [1.29, 1.82) is 0 Å². The number of rotatable bonds is 3. The van der Waals surface area contributed by atoms with Crippen molar-refractivity contribution in [3.05, 3.63) is 35.4 Å². The molecule has 1 aromatic carbocycles. The number of hydrogen-bond acceptors (Lipinski definition) is 2. The highest BCUT2D eigenvalue weighted by Crippen LogP contribution is 2.14. The predicted octanol–water partition coefficient (Wildman–Crippen LogP) is 2.12. The SMILES string of the molecule is O=C(NCC1CCOCC1)c1ccc(F)c(F)c1. The highest BCUT2D eigenvalue weighted by atomic mass is 19.2. The molecule has 18 heavy (non-hydrogen) atoms. The summed E-state index contributed by atoms with van der Waals surface area (Å²) in [5.74, 6) is -1.93. The van der Waals surface area contributed by atoms with Gasteiger partial charge < -0.3 is 10.1 Å². The van der Waals surface area contributed by atoms with Gasteiger partial charge in [-0.1, -0.05) is 0 Å². The smallest absolute Gasteiger partial charge is 0.251 e. The van der Waals surface area contributed by atoms with Gasteiger partial charge in [0.25, 0.3) is 5.91 Å². The Hall–Kier alpha value is -1.49. The van der Waals surface area contributed by atoms with Crippen molar-refractivity contribution in [2.45, 2.75) is 12.8 Å². The van der Waals surface area contributed by atoms with E-state index >= 15 is 0 Å². The van der Waals surface area contributed by atoms with Crippen molar-refractivity contribution in [2.24, 2.45) is 5.92 Å². The summed E-state index contributed by atoms with van der Waals surface area (Å²) in [4.78, 5) is 11.7. The van der Waals surface area contributed by atoms with Crippen LogP contribution >= 0.6 is 0 Å². The zero-order chi connectivity index (χ0) is 13.0. The van der Waals surface area contributed by atoms with Crippen LogP contribution in [0.2, 0.25) is 0 Å². The Morgan fingerprint density at radius 1 is 1.28 bits per heavy atom. The van der Waals surface area contributed by atoms with Gasteiger partial charge in [-0.2, -0.15) is 0 Å². The summed E-state index contributed by atoms with van der Waals surface area (Å²) in [7, 11) is 0. The molecule has 98 valence electrons. The minimum absolute atomic E-state index is 0.140. The summed E-state index contributed by atoms with van der Waals surface area (Å²) in [6.45, 7) is 1.97. The normalized spacial score (nSPS) is 16.6. The first-order chi connectivity index (χ1) is 8.66. The fourth-order valence-corrected chi connectivity index (χ4v) is 1.93. The predicted molar refractivity (Wildman–Crippen MR) is 62.2 cm³/mol. The largest absolute Gasteiger partial charge is 0.381 e. The molecule has 0 bridgehead atoms. The van der Waals surface area contributed by atoms with Crippen LogP contribution in [0.15, 0.2) is 18.2 Å². The van der Waals surface area contributed by atoms with E-state index < -0.39 is 11.6 Å². The van der Waals surface area contributed by atoms with Crippen molar-refractivity contribution < 1.29 is 18.3 Å². The average molecular weight is 255 g/mol. The zero-order valence-electron chi connectivity index (χ0n) is 9.92. The monoisotopic (exact) mass is 255 g/mol. The molecule has 0 atom stereocenters. The Morgan fingerprint density at radius 2 is 2.00 bits per heavy atom. The van der Waals surface area contributed by atoms with Gasteiger partial charge in [-0.25, -0.2) is 8.78 Å². The van der Waals surface area contributed by atoms with Gasteiger partial charge in [0.15, 0.2) is 11.6 Å². The molecule has 1 heterocycles. The second kappa shape index (κ2) is 5.91. The summed E-state index contributed by atoms with van der Waals surface area (Å²) in [6.07, 6.45) is 1.83. The molecule has 0 aromatic heterocycles. The van der Waals surface area contributed by atoms with E-state index in [-0.39, 0.29) is 11.5 Å². The first kappa shape index (κ1) is 13.0. The van der Waals surface area contributed by atoms with Crippen LogP contribution in [0, 0.1) is 17.6 Å². The molecule has 5 heteroatoms. The van der Waals surface area contributed by atoms with Crippen molar-refractivity contribution in [1.82, 2.24) is 5.32 Å². The minimum Gasteiger partial charge on any atom is -0.381 e. The maximum atomic E-state index is 13.0. The molecule has 2 rings (SSSR count). The van der Waals surface area contributed by atoms with E-state index in [4.69, 9.17) is 4.74 Å². The van der Waals surface area contributed by atoms with Crippen LogP contribution in [0.5, 0.6) is 0 Å². The standard InChI is InChI=1S/C13H15F2NO2/c14-11-2-1-10(7-12(11)15)13(17)16-8-9-3-5-18-6-4-9/h1-2,7,9H,3-6,8H2,(H,16,17). The first-order valence-corrected chi connectivity index (χ1v) is 5.98. The molecular formula is C13H15F2NO2. The lowest BCUT2D eigenvalue weighted by molar-refractivity contribution is 0.0642. The number of ether oxygens (including phenoxy) is 1. The number of hydrogen-bond donors (Lipinski definition) is 1. The lowest BCUT2D eigenvalue weighted by Gasteiger charge is -2.22. The second-order valence-corrected chi connectivity index (χ2v) is 4.39. The van der Waals surface area contributed by atoms with E-state index in [0.29, 0.717) is 25.7 Å². The summed E-state index contributed by atoms with van der Waals surface area (Å²) in [6, 6.07) is 3.14. The molecule has 1 saturated heterocycles. The number of amides is 1. The van der Waals surface area contributed by atoms with Crippen molar-refractivity contribution in [2.75, 3.05) is 19.8 Å². The molecule has 1 N–H and O–H groups in total. The van der Waals surface area contributed by atoms with E-state index in [0.717, 1.165) is 25.0 Å². The van der Waals surface area contributed by atoms with Gasteiger partial charge >= 0.3 is 0 Å². The molecule has 1 fully saturated rings. The molecule has 0 unspecified atom stereocenters. The highest BCUT2D eigenvalue weighted by Gasteiger charge is 2.15.